The molecule has 1 aliphatic heterocycles. The average Bonchev–Trinajstić information content (AvgIpc) is 3.30. The molecule has 7 atom stereocenters. The highest BCUT2D eigenvalue weighted by molar-refractivity contribution is 5.77. The first-order valence-corrected chi connectivity index (χ1v) is 11.4. The minimum Gasteiger partial charge on any atom is -0.465 e. The van der Waals surface area contributed by atoms with E-state index < -0.39 is 0 Å². The molecule has 1 unspecified atom stereocenters. The van der Waals surface area contributed by atoms with E-state index in [1.54, 1.807) is 6.26 Å². The van der Waals surface area contributed by atoms with E-state index in [9.17, 15) is 4.79 Å². The molecule has 0 radical (unpaired) electrons. The highest BCUT2D eigenvalue weighted by Gasteiger charge is 2.60. The second-order valence-electron chi connectivity index (χ2n) is 10.6. The van der Waals surface area contributed by atoms with Gasteiger partial charge < -0.3 is 9.32 Å². The van der Waals surface area contributed by atoms with Gasteiger partial charge in [0, 0.05) is 19.5 Å². The van der Waals surface area contributed by atoms with Gasteiger partial charge in [0.2, 0.25) is 5.91 Å². The van der Waals surface area contributed by atoms with E-state index in [-0.39, 0.29) is 0 Å². The number of fused-ring (bicyclic) bond motifs is 5. The standard InChI is InChI=1S/C25H35NO2/c1-24-14-12-21-19(9-11-22-25(21,2)15-13-23(27)26(22)3)20(24)10-7-17(24)6-8-18-5-4-16-28-18/h4-6,8,16-17,19-22H,7,9-15H2,1-3H3/b8-6+/t17-,19-,20-,21-,22?,24+,25+/m0/s1. The van der Waals surface area contributed by atoms with Gasteiger partial charge in [-0.1, -0.05) is 19.9 Å². The van der Waals surface area contributed by atoms with Crippen LogP contribution in [0.25, 0.3) is 6.08 Å². The first-order valence-electron chi connectivity index (χ1n) is 11.4. The molecule has 1 aromatic heterocycles. The SMILES string of the molecule is CN1C(=O)CC[C@@]2(C)C1CC[C@H]1[C@@H]3CC[C@H](/C=C/c4ccco4)[C@@]3(C)CC[C@@H]12. The molecule has 4 fully saturated rings. The molecule has 4 aliphatic rings. The monoisotopic (exact) mass is 381 g/mol. The van der Waals surface area contributed by atoms with Crippen LogP contribution in [0.4, 0.5) is 0 Å². The van der Waals surface area contributed by atoms with Crippen molar-refractivity contribution in [1.82, 2.24) is 4.90 Å². The van der Waals surface area contributed by atoms with Crippen molar-refractivity contribution < 1.29 is 9.21 Å². The Morgan fingerprint density at radius 1 is 1.07 bits per heavy atom. The van der Waals surface area contributed by atoms with Crippen LogP contribution in [0, 0.1) is 34.5 Å². The second-order valence-corrected chi connectivity index (χ2v) is 10.6. The smallest absolute Gasteiger partial charge is 0.222 e. The fraction of sp³-hybridized carbons (Fsp3) is 0.720. The van der Waals surface area contributed by atoms with Crippen LogP contribution in [0.2, 0.25) is 0 Å². The largest absolute Gasteiger partial charge is 0.465 e. The molecule has 3 nitrogen and oxygen atoms in total. The van der Waals surface area contributed by atoms with Crippen molar-refractivity contribution in [1.29, 1.82) is 0 Å². The molecule has 3 saturated carbocycles. The minimum atomic E-state index is 0.328. The third-order valence-electron chi connectivity index (χ3n) is 9.67. The summed E-state index contributed by atoms with van der Waals surface area (Å²) in [6.45, 7) is 5.09. The fourth-order valence-electron chi connectivity index (χ4n) is 8.10. The highest BCUT2D eigenvalue weighted by Crippen LogP contribution is 2.66. The first-order chi connectivity index (χ1) is 13.4. The first kappa shape index (κ1) is 18.5. The number of amides is 1. The van der Waals surface area contributed by atoms with Crippen molar-refractivity contribution in [3.63, 3.8) is 0 Å². The molecule has 0 bridgehead atoms. The van der Waals surface area contributed by atoms with Gasteiger partial charge in [-0.2, -0.15) is 0 Å². The number of hydrogen-bond donors (Lipinski definition) is 0. The van der Waals surface area contributed by atoms with Crippen LogP contribution < -0.4 is 0 Å². The molecule has 2 heterocycles. The molecule has 0 N–H and O–H groups in total. The maximum Gasteiger partial charge on any atom is 0.222 e. The summed E-state index contributed by atoms with van der Waals surface area (Å²) in [7, 11) is 2.06. The number of nitrogens with zero attached hydrogens (tertiary/aromatic N) is 1. The van der Waals surface area contributed by atoms with Crippen LogP contribution in [0.5, 0.6) is 0 Å². The lowest BCUT2D eigenvalue weighted by Crippen LogP contribution is -2.61. The number of furan rings is 1. The van der Waals surface area contributed by atoms with Crippen molar-refractivity contribution in [2.45, 2.75) is 71.3 Å². The number of carbonyl (C=O) groups is 1. The summed E-state index contributed by atoms with van der Waals surface area (Å²) in [5, 5.41) is 0. The Morgan fingerprint density at radius 3 is 2.68 bits per heavy atom. The van der Waals surface area contributed by atoms with Gasteiger partial charge >= 0.3 is 0 Å². The molecule has 28 heavy (non-hydrogen) atoms. The van der Waals surface area contributed by atoms with Gasteiger partial charge in [0.05, 0.1) is 6.26 Å². The zero-order valence-corrected chi connectivity index (χ0v) is 17.7. The van der Waals surface area contributed by atoms with Crippen molar-refractivity contribution >= 4 is 12.0 Å². The Morgan fingerprint density at radius 2 is 1.89 bits per heavy atom. The van der Waals surface area contributed by atoms with Gasteiger partial charge in [0.15, 0.2) is 0 Å². The third-order valence-corrected chi connectivity index (χ3v) is 9.67. The van der Waals surface area contributed by atoms with Crippen molar-refractivity contribution in [2.24, 2.45) is 34.5 Å². The second kappa shape index (κ2) is 6.50. The van der Waals surface area contributed by atoms with Gasteiger partial charge in [-0.05, 0) is 97.7 Å². The van der Waals surface area contributed by atoms with Gasteiger partial charge in [0.1, 0.15) is 5.76 Å². The Balaban J connectivity index is 1.38. The summed E-state index contributed by atoms with van der Waals surface area (Å²) >= 11 is 0. The van der Waals surface area contributed by atoms with Crippen LogP contribution >= 0.6 is 0 Å². The summed E-state index contributed by atoms with van der Waals surface area (Å²) in [6, 6.07) is 4.48. The van der Waals surface area contributed by atoms with Crippen LogP contribution in [0.15, 0.2) is 28.9 Å². The van der Waals surface area contributed by atoms with Crippen molar-refractivity contribution in [2.75, 3.05) is 7.05 Å². The minimum absolute atomic E-state index is 0.328. The Hall–Kier alpha value is -1.51. The molecule has 1 saturated heterocycles. The lowest BCUT2D eigenvalue weighted by molar-refractivity contribution is -0.157. The Bertz CT molecular complexity index is 768. The van der Waals surface area contributed by atoms with E-state index in [4.69, 9.17) is 4.42 Å². The number of rotatable bonds is 2. The molecular weight excluding hydrogens is 346 g/mol. The van der Waals surface area contributed by atoms with E-state index in [1.807, 2.05) is 12.1 Å². The van der Waals surface area contributed by atoms with E-state index in [0.29, 0.717) is 28.7 Å². The number of allylic oxidation sites excluding steroid dienone is 1. The van der Waals surface area contributed by atoms with Gasteiger partial charge in [-0.15, -0.1) is 0 Å². The predicted octanol–water partition coefficient (Wildman–Crippen LogP) is 5.77. The van der Waals surface area contributed by atoms with Crippen molar-refractivity contribution in [3.8, 4) is 0 Å². The van der Waals surface area contributed by atoms with Crippen LogP contribution in [0.3, 0.4) is 0 Å². The van der Waals surface area contributed by atoms with E-state index >= 15 is 0 Å². The normalized spacial score (nSPS) is 45.8. The number of likely N-dealkylation sites (tertiary alicyclic amines) is 1. The van der Waals surface area contributed by atoms with Crippen LogP contribution in [0.1, 0.15) is 71.0 Å². The quantitative estimate of drug-likeness (QED) is 0.651. The molecule has 1 amide bonds. The predicted molar refractivity (Wildman–Crippen MR) is 111 cm³/mol. The molecular formula is C25H35NO2. The molecule has 0 spiro atoms. The zero-order valence-electron chi connectivity index (χ0n) is 17.7. The van der Waals surface area contributed by atoms with Gasteiger partial charge in [-0.3, -0.25) is 4.79 Å². The maximum absolute atomic E-state index is 12.3. The van der Waals surface area contributed by atoms with Crippen molar-refractivity contribution in [3.05, 3.63) is 30.2 Å². The lowest BCUT2D eigenvalue weighted by Gasteiger charge is -2.61. The lowest BCUT2D eigenvalue weighted by atomic mass is 9.47. The summed E-state index contributed by atoms with van der Waals surface area (Å²) < 4.78 is 5.52. The van der Waals surface area contributed by atoms with Crippen LogP contribution in [-0.4, -0.2) is 23.9 Å². The van der Waals surface area contributed by atoms with E-state index in [0.717, 1.165) is 36.4 Å². The fourth-order valence-corrected chi connectivity index (χ4v) is 8.10. The third kappa shape index (κ3) is 2.57. The summed E-state index contributed by atoms with van der Waals surface area (Å²) in [4.78, 5) is 14.4. The summed E-state index contributed by atoms with van der Waals surface area (Å²) in [5.74, 6) is 4.51. The summed E-state index contributed by atoms with van der Waals surface area (Å²) in [5.41, 5.74) is 0.763. The molecule has 5 rings (SSSR count). The molecule has 152 valence electrons. The Kier molecular flexibility index (Phi) is 4.30. The number of piperidine rings is 1. The average molecular weight is 382 g/mol. The van der Waals surface area contributed by atoms with Gasteiger partial charge in [-0.25, -0.2) is 0 Å². The maximum atomic E-state index is 12.3. The molecule has 0 aromatic carbocycles. The zero-order chi connectivity index (χ0) is 19.5. The van der Waals surface area contributed by atoms with Crippen LogP contribution in [-0.2, 0) is 4.79 Å². The number of carbonyl (C=O) groups excluding carboxylic acids is 1. The number of hydrogen-bond acceptors (Lipinski definition) is 2. The Labute approximate surface area is 169 Å². The molecule has 1 aromatic rings. The van der Waals surface area contributed by atoms with E-state index in [2.05, 4.69) is 37.9 Å². The molecule has 3 aliphatic carbocycles. The van der Waals surface area contributed by atoms with Gasteiger partial charge in [0.25, 0.3) is 0 Å². The highest BCUT2D eigenvalue weighted by atomic mass is 16.3. The summed E-state index contributed by atoms with van der Waals surface area (Å²) in [6.07, 6.45) is 16.2. The van der Waals surface area contributed by atoms with E-state index in [1.165, 1.54) is 38.5 Å². The topological polar surface area (TPSA) is 33.5 Å². The molecule has 3 heteroatoms.